The lowest BCUT2D eigenvalue weighted by molar-refractivity contribution is 1.50. The normalized spacial score (nSPS) is 9.87. The highest BCUT2D eigenvalue weighted by Crippen LogP contribution is 2.33. The number of thiophene rings is 1. The molecular weight excluding hydrogens is 272 g/mol. The molecule has 0 fully saturated rings. The third kappa shape index (κ3) is 1.89. The van der Waals surface area contributed by atoms with Gasteiger partial charge in [-0.1, -0.05) is 28.1 Å². The van der Waals surface area contributed by atoms with Gasteiger partial charge in [-0.2, -0.15) is 5.26 Å². The van der Waals surface area contributed by atoms with Crippen LogP contribution in [0.3, 0.4) is 0 Å². The molecule has 0 amide bonds. The maximum absolute atomic E-state index is 8.97. The highest BCUT2D eigenvalue weighted by Gasteiger charge is 2.10. The first-order chi connectivity index (χ1) is 7.22. The van der Waals surface area contributed by atoms with Crippen LogP contribution in [0.15, 0.2) is 34.1 Å². The van der Waals surface area contributed by atoms with Crippen molar-refractivity contribution in [3.63, 3.8) is 0 Å². The molecule has 2 rings (SSSR count). The number of nitrogens with zero attached hydrogens (tertiary/aromatic N) is 1. The first kappa shape index (κ1) is 10.2. The van der Waals surface area contributed by atoms with Crippen molar-refractivity contribution in [1.29, 1.82) is 5.26 Å². The van der Waals surface area contributed by atoms with Gasteiger partial charge in [-0.25, -0.2) is 0 Å². The predicted octanol–water partition coefficient (Wildman–Crippen LogP) is 3.63. The molecule has 74 valence electrons. The SMILES string of the molecule is N#Cc1c(-c2ccc(Br)cc2)csc1N. The van der Waals surface area contributed by atoms with Gasteiger partial charge in [-0.3, -0.25) is 0 Å². The van der Waals surface area contributed by atoms with Gasteiger partial charge in [-0.15, -0.1) is 11.3 Å². The summed E-state index contributed by atoms with van der Waals surface area (Å²) in [5.41, 5.74) is 8.20. The molecular formula is C11H7BrN2S. The van der Waals surface area contributed by atoms with Crippen LogP contribution in [-0.2, 0) is 0 Å². The molecule has 0 aliphatic heterocycles. The fourth-order valence-electron chi connectivity index (χ4n) is 1.33. The van der Waals surface area contributed by atoms with Crippen LogP contribution < -0.4 is 5.73 Å². The number of halogens is 1. The Balaban J connectivity index is 2.55. The van der Waals surface area contributed by atoms with E-state index in [0.717, 1.165) is 15.6 Å². The molecule has 0 bridgehead atoms. The smallest absolute Gasteiger partial charge is 0.104 e. The maximum atomic E-state index is 8.97. The molecule has 1 aromatic carbocycles. The van der Waals surface area contributed by atoms with E-state index < -0.39 is 0 Å². The Bertz CT molecular complexity index is 523. The van der Waals surface area contributed by atoms with E-state index in [4.69, 9.17) is 11.0 Å². The Kier molecular flexibility index (Phi) is 2.76. The van der Waals surface area contributed by atoms with Crippen LogP contribution in [0.4, 0.5) is 5.00 Å². The lowest BCUT2D eigenvalue weighted by atomic mass is 10.1. The van der Waals surface area contributed by atoms with Crippen molar-refractivity contribution in [2.24, 2.45) is 0 Å². The van der Waals surface area contributed by atoms with Crippen molar-refractivity contribution in [2.75, 3.05) is 5.73 Å². The Hall–Kier alpha value is -1.31. The first-order valence-corrected chi connectivity index (χ1v) is 5.92. The Morgan fingerprint density at radius 1 is 1.27 bits per heavy atom. The maximum Gasteiger partial charge on any atom is 0.104 e. The lowest BCUT2D eigenvalue weighted by Crippen LogP contribution is -1.85. The van der Waals surface area contributed by atoms with E-state index in [-0.39, 0.29) is 0 Å². The summed E-state index contributed by atoms with van der Waals surface area (Å²) < 4.78 is 1.02. The van der Waals surface area contributed by atoms with E-state index in [1.807, 2.05) is 29.6 Å². The van der Waals surface area contributed by atoms with Gasteiger partial charge in [0.05, 0.1) is 5.56 Å². The topological polar surface area (TPSA) is 49.8 Å². The Labute approximate surface area is 100 Å². The van der Waals surface area contributed by atoms with E-state index in [1.165, 1.54) is 11.3 Å². The monoisotopic (exact) mass is 278 g/mol. The third-order valence-electron chi connectivity index (χ3n) is 2.09. The fraction of sp³-hybridized carbons (Fsp3) is 0. The Morgan fingerprint density at radius 3 is 2.53 bits per heavy atom. The van der Waals surface area contributed by atoms with E-state index in [2.05, 4.69) is 22.0 Å². The number of nitrogens with two attached hydrogens (primary N) is 1. The van der Waals surface area contributed by atoms with Gasteiger partial charge in [0.25, 0.3) is 0 Å². The quantitative estimate of drug-likeness (QED) is 0.866. The van der Waals surface area contributed by atoms with Gasteiger partial charge in [0.15, 0.2) is 0 Å². The standard InChI is InChI=1S/C11H7BrN2S/c12-8-3-1-7(2-4-8)10-6-15-11(14)9(10)5-13/h1-4,6H,14H2. The third-order valence-corrected chi connectivity index (χ3v) is 3.43. The molecule has 0 atom stereocenters. The van der Waals surface area contributed by atoms with Crippen molar-refractivity contribution in [3.05, 3.63) is 39.7 Å². The summed E-state index contributed by atoms with van der Waals surface area (Å²) in [5.74, 6) is 0. The van der Waals surface area contributed by atoms with Gasteiger partial charge in [0.2, 0.25) is 0 Å². The van der Waals surface area contributed by atoms with Crippen molar-refractivity contribution >= 4 is 32.3 Å². The summed E-state index contributed by atoms with van der Waals surface area (Å²) >= 11 is 4.77. The largest absolute Gasteiger partial charge is 0.389 e. The van der Waals surface area contributed by atoms with E-state index >= 15 is 0 Å². The molecule has 2 aromatic rings. The molecule has 0 unspecified atom stereocenters. The minimum Gasteiger partial charge on any atom is -0.389 e. The minimum absolute atomic E-state index is 0.572. The molecule has 4 heteroatoms. The summed E-state index contributed by atoms with van der Waals surface area (Å²) in [6.07, 6.45) is 0. The molecule has 1 heterocycles. The van der Waals surface area contributed by atoms with Crippen LogP contribution in [0.25, 0.3) is 11.1 Å². The second-order valence-corrected chi connectivity index (χ2v) is 4.83. The van der Waals surface area contributed by atoms with Crippen molar-refractivity contribution in [3.8, 4) is 17.2 Å². The second kappa shape index (κ2) is 4.05. The molecule has 15 heavy (non-hydrogen) atoms. The zero-order chi connectivity index (χ0) is 10.8. The fourth-order valence-corrected chi connectivity index (χ4v) is 2.37. The van der Waals surface area contributed by atoms with Crippen LogP contribution in [0, 0.1) is 11.3 Å². The van der Waals surface area contributed by atoms with Crippen LogP contribution in [0.1, 0.15) is 5.56 Å². The summed E-state index contributed by atoms with van der Waals surface area (Å²) in [6, 6.07) is 9.96. The van der Waals surface area contributed by atoms with E-state index in [0.29, 0.717) is 10.6 Å². The summed E-state index contributed by atoms with van der Waals surface area (Å²) in [7, 11) is 0. The van der Waals surface area contributed by atoms with E-state index in [9.17, 15) is 0 Å². The minimum atomic E-state index is 0.572. The van der Waals surface area contributed by atoms with Crippen molar-refractivity contribution in [2.45, 2.75) is 0 Å². The summed E-state index contributed by atoms with van der Waals surface area (Å²) in [4.78, 5) is 0. The molecule has 0 spiro atoms. The van der Waals surface area contributed by atoms with Gasteiger partial charge in [-0.05, 0) is 17.7 Å². The number of hydrogen-bond acceptors (Lipinski definition) is 3. The van der Waals surface area contributed by atoms with Crippen LogP contribution >= 0.6 is 27.3 Å². The zero-order valence-electron chi connectivity index (χ0n) is 7.70. The van der Waals surface area contributed by atoms with Gasteiger partial charge in [0.1, 0.15) is 11.1 Å². The second-order valence-electron chi connectivity index (χ2n) is 3.01. The number of rotatable bonds is 1. The first-order valence-electron chi connectivity index (χ1n) is 4.25. The molecule has 0 saturated carbocycles. The number of nitriles is 1. The molecule has 0 aliphatic rings. The van der Waals surface area contributed by atoms with Crippen molar-refractivity contribution in [1.82, 2.24) is 0 Å². The Morgan fingerprint density at radius 2 is 1.93 bits per heavy atom. The average molecular weight is 279 g/mol. The average Bonchev–Trinajstić information content (AvgIpc) is 2.61. The number of hydrogen-bond donors (Lipinski definition) is 1. The molecule has 2 nitrogen and oxygen atoms in total. The van der Waals surface area contributed by atoms with Crippen molar-refractivity contribution < 1.29 is 0 Å². The molecule has 0 saturated heterocycles. The van der Waals surface area contributed by atoms with E-state index in [1.54, 1.807) is 0 Å². The highest BCUT2D eigenvalue weighted by molar-refractivity contribution is 9.10. The van der Waals surface area contributed by atoms with Gasteiger partial charge in [0, 0.05) is 15.4 Å². The lowest BCUT2D eigenvalue weighted by Gasteiger charge is -1.99. The summed E-state index contributed by atoms with van der Waals surface area (Å²) in [6.45, 7) is 0. The zero-order valence-corrected chi connectivity index (χ0v) is 10.1. The van der Waals surface area contributed by atoms with Crippen LogP contribution in [0.2, 0.25) is 0 Å². The van der Waals surface area contributed by atoms with Gasteiger partial charge < -0.3 is 5.73 Å². The van der Waals surface area contributed by atoms with Crippen LogP contribution in [-0.4, -0.2) is 0 Å². The molecule has 0 aliphatic carbocycles. The number of nitrogen functional groups attached to an aromatic ring is 1. The number of anilines is 1. The molecule has 2 N–H and O–H groups in total. The van der Waals surface area contributed by atoms with Crippen LogP contribution in [0.5, 0.6) is 0 Å². The highest BCUT2D eigenvalue weighted by atomic mass is 79.9. The molecule has 1 aromatic heterocycles. The molecule has 0 radical (unpaired) electrons. The van der Waals surface area contributed by atoms with Gasteiger partial charge >= 0.3 is 0 Å². The predicted molar refractivity (Wildman–Crippen MR) is 66.6 cm³/mol. The summed E-state index contributed by atoms with van der Waals surface area (Å²) in [5, 5.41) is 11.5. The number of benzene rings is 1.